The summed E-state index contributed by atoms with van der Waals surface area (Å²) in [4.78, 5) is 30.8. The molecular weight excluding hydrogens is 398 g/mol. The van der Waals surface area contributed by atoms with Crippen molar-refractivity contribution in [3.8, 4) is 0 Å². The Bertz CT molecular complexity index is 881. The van der Waals surface area contributed by atoms with Crippen molar-refractivity contribution >= 4 is 17.5 Å². The van der Waals surface area contributed by atoms with Crippen molar-refractivity contribution in [2.24, 2.45) is 5.92 Å². The molecule has 0 unspecified atom stereocenters. The van der Waals surface area contributed by atoms with Crippen LogP contribution in [0.25, 0.3) is 0 Å². The van der Waals surface area contributed by atoms with Gasteiger partial charge in [0.2, 0.25) is 11.8 Å². The second kappa shape index (κ2) is 10.8. The van der Waals surface area contributed by atoms with Gasteiger partial charge in [0, 0.05) is 24.7 Å². The molecule has 170 valence electrons. The predicted octanol–water partition coefficient (Wildman–Crippen LogP) is 4.79. The molecule has 2 aromatic rings. The first-order chi connectivity index (χ1) is 15.6. The van der Waals surface area contributed by atoms with E-state index in [1.54, 1.807) is 0 Å². The van der Waals surface area contributed by atoms with E-state index in [0.717, 1.165) is 63.1 Å². The van der Waals surface area contributed by atoms with Crippen molar-refractivity contribution in [1.82, 2.24) is 9.80 Å². The van der Waals surface area contributed by atoms with Gasteiger partial charge in [-0.25, -0.2) is 0 Å². The second-order valence-corrected chi connectivity index (χ2v) is 9.22. The van der Waals surface area contributed by atoms with Crippen LogP contribution in [-0.2, 0) is 9.59 Å². The third-order valence-electron chi connectivity index (χ3n) is 6.84. The van der Waals surface area contributed by atoms with Gasteiger partial charge in [0.1, 0.15) is 6.04 Å². The quantitative estimate of drug-likeness (QED) is 0.738. The van der Waals surface area contributed by atoms with E-state index < -0.39 is 0 Å². The molecule has 2 aliphatic heterocycles. The van der Waals surface area contributed by atoms with Crippen molar-refractivity contribution in [1.29, 1.82) is 0 Å². The van der Waals surface area contributed by atoms with Crippen molar-refractivity contribution < 1.29 is 9.59 Å². The summed E-state index contributed by atoms with van der Waals surface area (Å²) >= 11 is 0. The molecule has 2 heterocycles. The number of amides is 2. The topological polar surface area (TPSA) is 52.7 Å². The predicted molar refractivity (Wildman–Crippen MR) is 128 cm³/mol. The molecule has 2 saturated heterocycles. The molecule has 0 aromatic heterocycles. The third-order valence-corrected chi connectivity index (χ3v) is 6.84. The molecule has 1 N–H and O–H groups in total. The maximum absolute atomic E-state index is 13.4. The highest BCUT2D eigenvalue weighted by Crippen LogP contribution is 2.29. The summed E-state index contributed by atoms with van der Waals surface area (Å²) < 4.78 is 0. The Balaban J connectivity index is 1.43. The number of nitrogens with zero attached hydrogens (tertiary/aromatic N) is 2. The molecule has 0 spiro atoms. The molecule has 2 amide bonds. The van der Waals surface area contributed by atoms with Gasteiger partial charge in [0.25, 0.3) is 0 Å². The minimum atomic E-state index is -0.355. The molecule has 5 heteroatoms. The van der Waals surface area contributed by atoms with Crippen LogP contribution in [0.5, 0.6) is 0 Å². The lowest BCUT2D eigenvalue weighted by Gasteiger charge is -2.38. The Morgan fingerprint density at radius 2 is 1.47 bits per heavy atom. The fourth-order valence-corrected chi connectivity index (χ4v) is 4.96. The molecule has 0 radical (unpaired) electrons. The number of nitrogens with one attached hydrogen (secondary N) is 1. The number of hydrogen-bond acceptors (Lipinski definition) is 3. The van der Waals surface area contributed by atoms with Crippen LogP contribution in [0.1, 0.15) is 55.7 Å². The summed E-state index contributed by atoms with van der Waals surface area (Å²) in [5.41, 5.74) is 2.97. The lowest BCUT2D eigenvalue weighted by atomic mass is 9.92. The van der Waals surface area contributed by atoms with E-state index in [9.17, 15) is 9.59 Å². The van der Waals surface area contributed by atoms with Gasteiger partial charge in [-0.05, 0) is 63.4 Å². The Hall–Kier alpha value is -2.66. The SMILES string of the molecule is Cc1ccc(NC(=O)[C@@H](c2ccccc2)N2CCC(C(=O)N3CCCCCC3)CC2)cc1. The number of aryl methyl sites for hydroxylation is 1. The summed E-state index contributed by atoms with van der Waals surface area (Å²) in [6.45, 7) is 5.36. The number of carbonyl (C=O) groups is 2. The molecule has 0 bridgehead atoms. The van der Waals surface area contributed by atoms with Gasteiger partial charge in [0.15, 0.2) is 0 Å². The molecule has 2 fully saturated rings. The van der Waals surface area contributed by atoms with Crippen LogP contribution in [0, 0.1) is 12.8 Å². The third kappa shape index (κ3) is 5.57. The minimum absolute atomic E-state index is 0.0163. The Kier molecular flexibility index (Phi) is 7.59. The average molecular weight is 434 g/mol. The monoisotopic (exact) mass is 433 g/mol. The fourth-order valence-electron chi connectivity index (χ4n) is 4.96. The van der Waals surface area contributed by atoms with Crippen LogP contribution in [0.3, 0.4) is 0 Å². The zero-order valence-electron chi connectivity index (χ0n) is 19.1. The van der Waals surface area contributed by atoms with Gasteiger partial charge in [-0.2, -0.15) is 0 Å². The molecular formula is C27H35N3O2. The Labute approximate surface area is 191 Å². The van der Waals surface area contributed by atoms with Crippen LogP contribution in [0.4, 0.5) is 5.69 Å². The Morgan fingerprint density at radius 1 is 0.844 bits per heavy atom. The van der Waals surface area contributed by atoms with E-state index in [1.165, 1.54) is 18.4 Å². The average Bonchev–Trinajstić information content (AvgIpc) is 3.11. The first-order valence-electron chi connectivity index (χ1n) is 12.1. The molecule has 0 aliphatic carbocycles. The zero-order valence-corrected chi connectivity index (χ0v) is 19.1. The molecule has 1 atom stereocenters. The van der Waals surface area contributed by atoms with Gasteiger partial charge in [-0.15, -0.1) is 0 Å². The summed E-state index contributed by atoms with van der Waals surface area (Å²) in [5.74, 6) is 0.394. The first kappa shape index (κ1) is 22.5. The lowest BCUT2D eigenvalue weighted by Crippen LogP contribution is -2.46. The maximum Gasteiger partial charge on any atom is 0.246 e. The molecule has 2 aromatic carbocycles. The van der Waals surface area contributed by atoms with E-state index in [0.29, 0.717) is 5.91 Å². The van der Waals surface area contributed by atoms with Crippen molar-refractivity contribution in [2.75, 3.05) is 31.5 Å². The van der Waals surface area contributed by atoms with Crippen molar-refractivity contribution in [3.63, 3.8) is 0 Å². The minimum Gasteiger partial charge on any atom is -0.342 e. The molecule has 2 aliphatic rings. The first-order valence-corrected chi connectivity index (χ1v) is 12.1. The lowest BCUT2D eigenvalue weighted by molar-refractivity contribution is -0.137. The number of rotatable bonds is 5. The number of carbonyl (C=O) groups excluding carboxylic acids is 2. The van der Waals surface area contributed by atoms with Crippen LogP contribution in [-0.4, -0.2) is 47.8 Å². The highest BCUT2D eigenvalue weighted by molar-refractivity contribution is 5.95. The summed E-state index contributed by atoms with van der Waals surface area (Å²) in [5, 5.41) is 3.10. The standard InChI is InChI=1S/C27H35N3O2/c1-21-11-13-24(14-12-21)28-26(31)25(22-9-5-4-6-10-22)29-19-15-23(16-20-29)27(32)30-17-7-2-3-8-18-30/h4-6,9-14,23,25H,2-3,7-8,15-20H2,1H3,(H,28,31)/t25-/m1/s1. The number of benzene rings is 2. The summed E-state index contributed by atoms with van der Waals surface area (Å²) in [7, 11) is 0. The van der Waals surface area contributed by atoms with Crippen LogP contribution in [0.15, 0.2) is 54.6 Å². The second-order valence-electron chi connectivity index (χ2n) is 9.22. The van der Waals surface area contributed by atoms with Crippen molar-refractivity contribution in [3.05, 3.63) is 65.7 Å². The van der Waals surface area contributed by atoms with E-state index in [1.807, 2.05) is 61.5 Å². The molecule has 4 rings (SSSR count). The van der Waals surface area contributed by atoms with Gasteiger partial charge >= 0.3 is 0 Å². The van der Waals surface area contributed by atoms with Gasteiger partial charge in [-0.1, -0.05) is 60.9 Å². The normalized spacial score (nSPS) is 19.2. The van der Waals surface area contributed by atoms with Gasteiger partial charge < -0.3 is 10.2 Å². The fraction of sp³-hybridized carbons (Fsp3) is 0.481. The van der Waals surface area contributed by atoms with Crippen LogP contribution < -0.4 is 5.32 Å². The van der Waals surface area contributed by atoms with E-state index in [4.69, 9.17) is 0 Å². The van der Waals surface area contributed by atoms with E-state index >= 15 is 0 Å². The number of piperidine rings is 1. The largest absolute Gasteiger partial charge is 0.342 e. The van der Waals surface area contributed by atoms with Crippen LogP contribution >= 0.6 is 0 Å². The van der Waals surface area contributed by atoms with Gasteiger partial charge in [-0.3, -0.25) is 14.5 Å². The van der Waals surface area contributed by atoms with Crippen LogP contribution in [0.2, 0.25) is 0 Å². The molecule has 32 heavy (non-hydrogen) atoms. The number of likely N-dealkylation sites (tertiary alicyclic amines) is 2. The van der Waals surface area contributed by atoms with E-state index in [-0.39, 0.29) is 17.9 Å². The number of hydrogen-bond donors (Lipinski definition) is 1. The zero-order chi connectivity index (χ0) is 22.3. The molecule has 5 nitrogen and oxygen atoms in total. The summed E-state index contributed by atoms with van der Waals surface area (Å²) in [6, 6.07) is 17.5. The Morgan fingerprint density at radius 3 is 2.09 bits per heavy atom. The van der Waals surface area contributed by atoms with Gasteiger partial charge in [0.05, 0.1) is 0 Å². The summed E-state index contributed by atoms with van der Waals surface area (Å²) in [6.07, 6.45) is 6.35. The maximum atomic E-state index is 13.4. The highest BCUT2D eigenvalue weighted by atomic mass is 16.2. The molecule has 0 saturated carbocycles. The highest BCUT2D eigenvalue weighted by Gasteiger charge is 2.34. The van der Waals surface area contributed by atoms with E-state index in [2.05, 4.69) is 15.1 Å². The number of anilines is 1. The smallest absolute Gasteiger partial charge is 0.246 e. The van der Waals surface area contributed by atoms with Crippen molar-refractivity contribution in [2.45, 2.75) is 51.5 Å².